The molecular weight excluding hydrogens is 329 g/mol. The quantitative estimate of drug-likeness (QED) is 0.762. The standard InChI is InChI=1S/C16H12ClF3N2O/c1-10(23-14-7-13(9-21)22-15(17)8-14)6-11-2-4-12(5-3-11)16(18,19)20/h2-5,7-8,10H,6H2,1H3. The van der Waals surface area contributed by atoms with Crippen molar-refractivity contribution >= 4 is 11.6 Å². The maximum atomic E-state index is 12.5. The first kappa shape index (κ1) is 17.1. The largest absolute Gasteiger partial charge is 0.490 e. The monoisotopic (exact) mass is 340 g/mol. The average molecular weight is 341 g/mol. The molecule has 0 spiro atoms. The Hall–Kier alpha value is -2.26. The summed E-state index contributed by atoms with van der Waals surface area (Å²) in [5, 5.41) is 8.97. The van der Waals surface area contributed by atoms with Crippen molar-refractivity contribution in [2.45, 2.75) is 25.6 Å². The number of benzene rings is 1. The fourth-order valence-corrected chi connectivity index (χ4v) is 2.23. The molecule has 2 aromatic rings. The molecule has 0 radical (unpaired) electrons. The van der Waals surface area contributed by atoms with E-state index in [1.165, 1.54) is 24.3 Å². The fourth-order valence-electron chi connectivity index (χ4n) is 2.03. The molecular formula is C16H12ClF3N2O. The van der Waals surface area contributed by atoms with Gasteiger partial charge < -0.3 is 4.74 Å². The van der Waals surface area contributed by atoms with Gasteiger partial charge in [0.1, 0.15) is 22.7 Å². The summed E-state index contributed by atoms with van der Waals surface area (Å²) in [7, 11) is 0. The first-order valence-electron chi connectivity index (χ1n) is 6.68. The number of nitrogens with zero attached hydrogens (tertiary/aromatic N) is 2. The molecule has 0 N–H and O–H groups in total. The van der Waals surface area contributed by atoms with Crippen LogP contribution in [-0.2, 0) is 12.6 Å². The van der Waals surface area contributed by atoms with Gasteiger partial charge in [0.2, 0.25) is 0 Å². The lowest BCUT2D eigenvalue weighted by Crippen LogP contribution is -2.15. The summed E-state index contributed by atoms with van der Waals surface area (Å²) >= 11 is 5.78. The van der Waals surface area contributed by atoms with E-state index in [0.717, 1.165) is 12.1 Å². The van der Waals surface area contributed by atoms with Crippen LogP contribution in [0.4, 0.5) is 13.2 Å². The van der Waals surface area contributed by atoms with Crippen molar-refractivity contribution in [1.29, 1.82) is 5.26 Å². The van der Waals surface area contributed by atoms with Gasteiger partial charge in [0.05, 0.1) is 11.7 Å². The zero-order valence-electron chi connectivity index (χ0n) is 12.1. The molecule has 2 rings (SSSR count). The zero-order valence-corrected chi connectivity index (χ0v) is 12.8. The molecule has 1 unspecified atom stereocenters. The van der Waals surface area contributed by atoms with Crippen molar-refractivity contribution < 1.29 is 17.9 Å². The van der Waals surface area contributed by atoms with Crippen LogP contribution in [0.15, 0.2) is 36.4 Å². The molecule has 0 saturated carbocycles. The number of hydrogen-bond donors (Lipinski definition) is 0. The first-order valence-corrected chi connectivity index (χ1v) is 7.06. The fraction of sp³-hybridized carbons (Fsp3) is 0.250. The molecule has 1 heterocycles. The van der Waals surface area contributed by atoms with Crippen LogP contribution in [0.2, 0.25) is 5.15 Å². The molecule has 1 aromatic carbocycles. The van der Waals surface area contributed by atoms with Crippen LogP contribution < -0.4 is 4.74 Å². The number of ether oxygens (including phenoxy) is 1. The maximum absolute atomic E-state index is 12.5. The second kappa shape index (κ2) is 6.88. The number of rotatable bonds is 4. The van der Waals surface area contributed by atoms with E-state index in [4.69, 9.17) is 21.6 Å². The Morgan fingerprint density at radius 1 is 1.26 bits per heavy atom. The second-order valence-corrected chi connectivity index (χ2v) is 5.34. The lowest BCUT2D eigenvalue weighted by atomic mass is 10.1. The highest BCUT2D eigenvalue weighted by Gasteiger charge is 2.29. The zero-order chi connectivity index (χ0) is 17.0. The Morgan fingerprint density at radius 3 is 2.48 bits per heavy atom. The molecule has 0 fully saturated rings. The van der Waals surface area contributed by atoms with E-state index in [-0.39, 0.29) is 17.0 Å². The number of hydrogen-bond acceptors (Lipinski definition) is 3. The molecule has 0 amide bonds. The molecule has 0 saturated heterocycles. The van der Waals surface area contributed by atoms with Crippen molar-refractivity contribution in [3.05, 3.63) is 58.4 Å². The van der Waals surface area contributed by atoms with Crippen molar-refractivity contribution in [2.75, 3.05) is 0 Å². The predicted octanol–water partition coefficient (Wildman–Crippen LogP) is 4.64. The van der Waals surface area contributed by atoms with E-state index >= 15 is 0 Å². The summed E-state index contributed by atoms with van der Waals surface area (Å²) < 4.78 is 43.2. The van der Waals surface area contributed by atoms with E-state index in [0.29, 0.717) is 17.7 Å². The smallest absolute Gasteiger partial charge is 0.416 e. The Labute approximate surface area is 136 Å². The van der Waals surface area contributed by atoms with Crippen molar-refractivity contribution in [3.8, 4) is 11.8 Å². The lowest BCUT2D eigenvalue weighted by Gasteiger charge is -2.15. The van der Waals surface area contributed by atoms with Crippen LogP contribution in [0.5, 0.6) is 5.75 Å². The summed E-state index contributed by atoms with van der Waals surface area (Å²) in [6.45, 7) is 1.78. The minimum atomic E-state index is -4.35. The van der Waals surface area contributed by atoms with E-state index in [1.54, 1.807) is 6.92 Å². The van der Waals surface area contributed by atoms with E-state index in [1.807, 2.05) is 6.07 Å². The molecule has 3 nitrogen and oxygen atoms in total. The number of pyridine rings is 1. The van der Waals surface area contributed by atoms with Crippen LogP contribution in [0.1, 0.15) is 23.7 Å². The highest BCUT2D eigenvalue weighted by atomic mass is 35.5. The molecule has 0 bridgehead atoms. The summed E-state index contributed by atoms with van der Waals surface area (Å²) in [4.78, 5) is 3.79. The van der Waals surface area contributed by atoms with Gasteiger partial charge in [0, 0.05) is 18.6 Å². The van der Waals surface area contributed by atoms with Crippen molar-refractivity contribution in [3.63, 3.8) is 0 Å². The SMILES string of the molecule is CC(Cc1ccc(C(F)(F)F)cc1)Oc1cc(Cl)nc(C#N)c1. The van der Waals surface area contributed by atoms with Gasteiger partial charge in [-0.15, -0.1) is 0 Å². The normalized spacial score (nSPS) is 12.5. The third kappa shape index (κ3) is 4.86. The van der Waals surface area contributed by atoms with Gasteiger partial charge >= 0.3 is 6.18 Å². The Bertz CT molecular complexity index is 724. The van der Waals surface area contributed by atoms with Gasteiger partial charge in [-0.25, -0.2) is 4.98 Å². The minimum Gasteiger partial charge on any atom is -0.490 e. The number of aromatic nitrogens is 1. The molecule has 0 aliphatic rings. The van der Waals surface area contributed by atoms with Gasteiger partial charge in [0.15, 0.2) is 0 Å². The lowest BCUT2D eigenvalue weighted by molar-refractivity contribution is -0.137. The molecule has 23 heavy (non-hydrogen) atoms. The minimum absolute atomic E-state index is 0.134. The van der Waals surface area contributed by atoms with Gasteiger partial charge in [-0.2, -0.15) is 18.4 Å². The number of halogens is 4. The van der Waals surface area contributed by atoms with Crippen molar-refractivity contribution in [2.24, 2.45) is 0 Å². The third-order valence-electron chi connectivity index (χ3n) is 3.02. The van der Waals surface area contributed by atoms with Crippen LogP contribution in [0.25, 0.3) is 0 Å². The summed E-state index contributed by atoms with van der Waals surface area (Å²) in [6, 6.07) is 9.72. The highest BCUT2D eigenvalue weighted by Crippen LogP contribution is 2.29. The number of alkyl halides is 3. The summed E-state index contributed by atoms with van der Waals surface area (Å²) in [5.74, 6) is 0.390. The van der Waals surface area contributed by atoms with Crippen molar-refractivity contribution in [1.82, 2.24) is 4.98 Å². The third-order valence-corrected chi connectivity index (χ3v) is 3.22. The first-order chi connectivity index (χ1) is 10.8. The highest BCUT2D eigenvalue weighted by molar-refractivity contribution is 6.29. The molecule has 7 heteroatoms. The molecule has 0 aliphatic carbocycles. The average Bonchev–Trinajstić information content (AvgIpc) is 2.46. The summed E-state index contributed by atoms with van der Waals surface area (Å²) in [6.07, 6.45) is -4.24. The van der Waals surface area contributed by atoms with Crippen LogP contribution >= 0.6 is 11.6 Å². The Balaban J connectivity index is 2.04. The van der Waals surface area contributed by atoms with Crippen LogP contribution in [0, 0.1) is 11.3 Å². The van der Waals surface area contributed by atoms with Gasteiger partial charge in [-0.05, 0) is 24.6 Å². The van der Waals surface area contributed by atoms with Gasteiger partial charge in [-0.1, -0.05) is 23.7 Å². The molecule has 120 valence electrons. The van der Waals surface area contributed by atoms with Crippen LogP contribution in [0.3, 0.4) is 0 Å². The molecule has 0 aliphatic heterocycles. The van der Waals surface area contributed by atoms with Gasteiger partial charge in [0.25, 0.3) is 0 Å². The van der Waals surface area contributed by atoms with Crippen LogP contribution in [-0.4, -0.2) is 11.1 Å². The van der Waals surface area contributed by atoms with E-state index in [9.17, 15) is 13.2 Å². The van der Waals surface area contributed by atoms with Gasteiger partial charge in [-0.3, -0.25) is 0 Å². The second-order valence-electron chi connectivity index (χ2n) is 4.95. The number of nitriles is 1. The molecule has 1 aromatic heterocycles. The maximum Gasteiger partial charge on any atom is 0.416 e. The Kier molecular flexibility index (Phi) is 5.12. The predicted molar refractivity (Wildman–Crippen MR) is 79.2 cm³/mol. The van der Waals surface area contributed by atoms with E-state index < -0.39 is 11.7 Å². The molecule has 1 atom stereocenters. The summed E-state index contributed by atoms with van der Waals surface area (Å²) in [5.41, 5.74) is 0.162. The topological polar surface area (TPSA) is 45.9 Å². The van der Waals surface area contributed by atoms with E-state index in [2.05, 4.69) is 4.98 Å². The Morgan fingerprint density at radius 2 is 1.91 bits per heavy atom.